The summed E-state index contributed by atoms with van der Waals surface area (Å²) in [6, 6.07) is 18.3. The third-order valence-electron chi connectivity index (χ3n) is 7.11. The molecule has 2 aliphatic heterocycles. The van der Waals surface area contributed by atoms with Crippen LogP contribution in [0.4, 0.5) is 0 Å². The van der Waals surface area contributed by atoms with Gasteiger partial charge < -0.3 is 0 Å². The Morgan fingerprint density at radius 3 is 2.63 bits per heavy atom. The summed E-state index contributed by atoms with van der Waals surface area (Å²) in [5.74, 6) is 0.928. The Balaban J connectivity index is 1.29. The number of hydrogen-bond donors (Lipinski definition) is 1. The number of piperidine rings is 1. The van der Waals surface area contributed by atoms with Crippen molar-refractivity contribution in [1.82, 2.24) is 19.7 Å². The third-order valence-corrected chi connectivity index (χ3v) is 14.6. The molecule has 0 spiro atoms. The van der Waals surface area contributed by atoms with Crippen LogP contribution in [0.3, 0.4) is 0 Å². The fourth-order valence-electron chi connectivity index (χ4n) is 5.07. The zero-order valence-electron chi connectivity index (χ0n) is 23.1. The molecule has 0 radical (unpaired) electrons. The van der Waals surface area contributed by atoms with E-state index < -0.39 is 41.9 Å². The van der Waals surface area contributed by atoms with Crippen LogP contribution in [0.2, 0.25) is 5.02 Å². The third kappa shape index (κ3) is 6.23. The molecule has 6 rings (SSSR count). The van der Waals surface area contributed by atoms with Gasteiger partial charge in [0.15, 0.2) is 0 Å². The van der Waals surface area contributed by atoms with Crippen molar-refractivity contribution in [2.24, 2.45) is 12.0 Å². The number of halogens is 3. The van der Waals surface area contributed by atoms with Gasteiger partial charge in [0.2, 0.25) is 0 Å². The van der Waals surface area contributed by atoms with Crippen LogP contribution in [0.25, 0.3) is 28.6 Å². The SMILES string of the molecule is CC(C)n1c(=O)c(-c2ccc(-c3ccnn3C)cc2Cl)cc2c1=IC([I-]c1ccc(OC3CCCNC3)cc1)=NC=2. The summed E-state index contributed by atoms with van der Waals surface area (Å²) in [6.45, 7) is 6.13. The number of nitrogens with zero attached hydrogens (tertiary/aromatic N) is 4. The van der Waals surface area contributed by atoms with Crippen LogP contribution in [-0.2, 0) is 7.05 Å². The molecule has 1 saturated heterocycles. The van der Waals surface area contributed by atoms with Crippen LogP contribution in [0, 0.1) is 6.85 Å². The zero-order valence-corrected chi connectivity index (χ0v) is 28.1. The molecule has 4 heterocycles. The van der Waals surface area contributed by atoms with E-state index in [-0.39, 0.29) is 17.7 Å². The molecule has 2 aliphatic rings. The van der Waals surface area contributed by atoms with Crippen LogP contribution in [0.15, 0.2) is 70.6 Å². The molecule has 4 aromatic rings. The fraction of sp³-hybridized carbons (Fsp3) is 0.290. The van der Waals surface area contributed by atoms with E-state index in [0.717, 1.165) is 57.0 Å². The molecule has 214 valence electrons. The van der Waals surface area contributed by atoms with Crippen LogP contribution in [-0.4, -0.2) is 35.3 Å². The number of hydrogen-bond acceptors (Lipinski definition) is 5. The molecule has 1 N–H and O–H groups in total. The van der Waals surface area contributed by atoms with Gasteiger partial charge in [0, 0.05) is 13.2 Å². The molecule has 0 bridgehead atoms. The van der Waals surface area contributed by atoms with Crippen LogP contribution in [0.1, 0.15) is 32.7 Å². The Bertz CT molecular complexity index is 1810. The molecule has 1 unspecified atom stereocenters. The second kappa shape index (κ2) is 12.5. The molecule has 2 aromatic carbocycles. The van der Waals surface area contributed by atoms with Crippen molar-refractivity contribution in [1.29, 1.82) is 0 Å². The Hall–Kier alpha value is -2.35. The maximum absolute atomic E-state index is 13.9. The molecular weight excluding hydrogens is 764 g/mol. The van der Waals surface area contributed by atoms with E-state index >= 15 is 0 Å². The van der Waals surface area contributed by atoms with E-state index in [4.69, 9.17) is 21.3 Å². The van der Waals surface area contributed by atoms with Gasteiger partial charge in [0.05, 0.1) is 0 Å². The molecule has 0 amide bonds. The van der Waals surface area contributed by atoms with Gasteiger partial charge >= 0.3 is 248 Å². The van der Waals surface area contributed by atoms with Gasteiger partial charge in [-0.05, 0) is 0 Å². The Labute approximate surface area is 264 Å². The van der Waals surface area contributed by atoms with E-state index in [0.29, 0.717) is 10.6 Å². The van der Waals surface area contributed by atoms with Gasteiger partial charge in [-0.15, -0.1) is 0 Å². The normalized spacial score (nSPS) is 16.8. The number of ether oxygens (including phenoxy) is 1. The molecule has 0 saturated carbocycles. The predicted octanol–water partition coefficient (Wildman–Crippen LogP) is 2.57. The van der Waals surface area contributed by atoms with Gasteiger partial charge in [0.1, 0.15) is 0 Å². The summed E-state index contributed by atoms with van der Waals surface area (Å²) in [4.78, 5) is 18.8. The van der Waals surface area contributed by atoms with Gasteiger partial charge in [-0.2, -0.15) is 5.10 Å². The minimum atomic E-state index is -0.568. The standard InChI is InChI=1S/C31H31ClI2N5O2/c1-19(2)39-29-21(15-26(30(39)40)25-11-6-20(16-27(25)32)28-12-14-37-38(28)3)17-36-31(34-29)33-22-7-9-23(10-8-22)41-24-5-4-13-35-18-24/h6-12,14-17,19,24,35H,4-5,13,18H2,1-3H3/q-1. The van der Waals surface area contributed by atoms with E-state index in [9.17, 15) is 4.79 Å². The Morgan fingerprint density at radius 1 is 1.12 bits per heavy atom. The zero-order chi connectivity index (χ0) is 28.5. The predicted molar refractivity (Wildman–Crippen MR) is 170 cm³/mol. The van der Waals surface area contributed by atoms with Crippen molar-refractivity contribution in [2.75, 3.05) is 13.1 Å². The van der Waals surface area contributed by atoms with Gasteiger partial charge in [-0.3, -0.25) is 0 Å². The molecule has 41 heavy (non-hydrogen) atoms. The van der Waals surface area contributed by atoms with E-state index in [2.05, 4.69) is 48.5 Å². The van der Waals surface area contributed by atoms with Crippen molar-refractivity contribution in [3.8, 4) is 28.1 Å². The average Bonchev–Trinajstić information content (AvgIpc) is 3.40. The Morgan fingerprint density at radius 2 is 1.95 bits per heavy atom. The van der Waals surface area contributed by atoms with Crippen molar-refractivity contribution < 1.29 is 25.9 Å². The van der Waals surface area contributed by atoms with Gasteiger partial charge in [0.25, 0.3) is 0 Å². The molecular formula is C31H31ClI2N5O2-. The summed E-state index contributed by atoms with van der Waals surface area (Å²) < 4.78 is 13.6. The molecule has 7 nitrogen and oxygen atoms in total. The summed E-state index contributed by atoms with van der Waals surface area (Å²) in [5.41, 5.74) is 3.27. The van der Waals surface area contributed by atoms with E-state index in [1.165, 1.54) is 5.30 Å². The summed E-state index contributed by atoms with van der Waals surface area (Å²) in [7, 11) is 1.90. The van der Waals surface area contributed by atoms with Crippen LogP contribution >= 0.6 is 32.3 Å². The summed E-state index contributed by atoms with van der Waals surface area (Å²) in [6.07, 6.45) is 6.21. The first-order chi connectivity index (χ1) is 19.9. The molecule has 1 atom stereocenters. The van der Waals surface area contributed by atoms with Crippen LogP contribution in [0.5, 0.6) is 5.75 Å². The van der Waals surface area contributed by atoms with E-state index in [1.807, 2.05) is 52.8 Å². The first-order valence-electron chi connectivity index (χ1n) is 13.6. The second-order valence-electron chi connectivity index (χ2n) is 10.3. The topological polar surface area (TPSA) is 73.4 Å². The Kier molecular flexibility index (Phi) is 8.75. The molecule has 2 aromatic heterocycles. The number of aromatic nitrogens is 3. The maximum atomic E-state index is 13.9. The number of nitrogens with one attached hydrogen (secondary N) is 1. The fourth-order valence-corrected chi connectivity index (χ4v) is 12.9. The number of rotatable bonds is 7. The quantitative estimate of drug-likeness (QED) is 0.293. The van der Waals surface area contributed by atoms with E-state index in [1.54, 1.807) is 6.20 Å². The number of aliphatic imine (C=N–C) groups is 1. The second-order valence-corrected chi connectivity index (χ2v) is 18.2. The molecule has 0 aliphatic carbocycles. The minimum absolute atomic E-state index is 0.000174. The number of benzene rings is 2. The summed E-state index contributed by atoms with van der Waals surface area (Å²) in [5, 5.41) is 9.22. The van der Waals surface area contributed by atoms with Crippen molar-refractivity contribution in [3.63, 3.8) is 0 Å². The number of pyridine rings is 1. The first kappa shape index (κ1) is 28.8. The van der Waals surface area contributed by atoms with Crippen molar-refractivity contribution in [2.45, 2.75) is 38.8 Å². The van der Waals surface area contributed by atoms with Crippen molar-refractivity contribution >= 4 is 40.3 Å². The molecule has 10 heteroatoms. The number of fused-ring (bicyclic) bond motifs is 1. The van der Waals surface area contributed by atoms with Crippen molar-refractivity contribution in [3.05, 3.63) is 88.2 Å². The summed E-state index contributed by atoms with van der Waals surface area (Å²) >= 11 is 5.79. The van der Waals surface area contributed by atoms with Crippen LogP contribution < -0.4 is 42.0 Å². The van der Waals surface area contributed by atoms with Gasteiger partial charge in [-0.25, -0.2) is 0 Å². The average molecular weight is 795 g/mol. The van der Waals surface area contributed by atoms with Gasteiger partial charge in [-0.1, -0.05) is 0 Å². The monoisotopic (exact) mass is 794 g/mol. The molecule has 1 fully saturated rings. The first-order valence-corrected chi connectivity index (χ1v) is 18.3. The number of aryl methyl sites for hydroxylation is 1.